The molecule has 0 bridgehead atoms. The molecule has 114 valence electrons. The summed E-state index contributed by atoms with van der Waals surface area (Å²) in [7, 11) is 1.61. The van der Waals surface area contributed by atoms with Crippen LogP contribution in [-0.4, -0.2) is 18.0 Å². The van der Waals surface area contributed by atoms with Crippen LogP contribution in [0.25, 0.3) is 11.0 Å². The normalized spacial score (nSPS) is 10.8. The van der Waals surface area contributed by atoms with Crippen molar-refractivity contribution < 1.29 is 13.9 Å². The number of nitrogens with one attached hydrogen (secondary N) is 1. The zero-order valence-corrected chi connectivity index (χ0v) is 13.2. The average Bonchev–Trinajstić information content (AvgIpc) is 3.11. The van der Waals surface area contributed by atoms with Crippen molar-refractivity contribution in [2.24, 2.45) is 0 Å². The first-order valence-electron chi connectivity index (χ1n) is 6.87. The Kier molecular flexibility index (Phi) is 4.11. The van der Waals surface area contributed by atoms with Crippen LogP contribution >= 0.6 is 11.3 Å². The van der Waals surface area contributed by atoms with Gasteiger partial charge in [-0.2, -0.15) is 0 Å². The Hall–Kier alpha value is -2.34. The van der Waals surface area contributed by atoms with Gasteiger partial charge in [0.15, 0.2) is 0 Å². The molecule has 0 saturated heterocycles. The summed E-state index contributed by atoms with van der Waals surface area (Å²) >= 11 is 1.55. The number of benzene rings is 1. The standard InChI is InChI=1S/C16H16N2O3S/c1-10-9-22-16(18-10)7-17-15(19)5-11-8-21-14-6-12(20-2)3-4-13(11)14/h3-4,6,8-9H,5,7H2,1-2H3,(H,17,19). The molecule has 22 heavy (non-hydrogen) atoms. The third kappa shape index (κ3) is 3.12. The van der Waals surface area contributed by atoms with Gasteiger partial charge in [-0.05, 0) is 19.1 Å². The van der Waals surface area contributed by atoms with Crippen LogP contribution in [0.15, 0.2) is 34.3 Å². The van der Waals surface area contributed by atoms with Crippen LogP contribution in [0, 0.1) is 6.92 Å². The van der Waals surface area contributed by atoms with Crippen LogP contribution in [0.4, 0.5) is 0 Å². The largest absolute Gasteiger partial charge is 0.497 e. The Balaban J connectivity index is 1.66. The number of hydrogen-bond acceptors (Lipinski definition) is 5. The Morgan fingerprint density at radius 2 is 2.32 bits per heavy atom. The number of fused-ring (bicyclic) bond motifs is 1. The van der Waals surface area contributed by atoms with Crippen LogP contribution in [0.3, 0.4) is 0 Å². The number of carbonyl (C=O) groups excluding carboxylic acids is 1. The molecule has 0 aliphatic carbocycles. The first-order valence-corrected chi connectivity index (χ1v) is 7.75. The highest BCUT2D eigenvalue weighted by Gasteiger charge is 2.11. The van der Waals surface area contributed by atoms with E-state index >= 15 is 0 Å². The van der Waals surface area contributed by atoms with E-state index in [2.05, 4.69) is 10.3 Å². The Morgan fingerprint density at radius 3 is 3.05 bits per heavy atom. The summed E-state index contributed by atoms with van der Waals surface area (Å²) in [5.74, 6) is 0.684. The smallest absolute Gasteiger partial charge is 0.224 e. The third-order valence-electron chi connectivity index (χ3n) is 3.32. The van der Waals surface area contributed by atoms with E-state index in [0.717, 1.165) is 33.0 Å². The van der Waals surface area contributed by atoms with Crippen LogP contribution in [0.1, 0.15) is 16.3 Å². The average molecular weight is 316 g/mol. The summed E-state index contributed by atoms with van der Waals surface area (Å²) in [5, 5.41) is 6.69. The number of aromatic nitrogens is 1. The minimum absolute atomic E-state index is 0.0497. The maximum absolute atomic E-state index is 12.1. The first-order chi connectivity index (χ1) is 10.7. The predicted octanol–water partition coefficient (Wildman–Crippen LogP) is 3.07. The highest BCUT2D eigenvalue weighted by Crippen LogP contribution is 2.25. The Morgan fingerprint density at radius 1 is 1.45 bits per heavy atom. The molecular formula is C16H16N2O3S. The number of ether oxygens (including phenoxy) is 1. The predicted molar refractivity (Wildman–Crippen MR) is 85.2 cm³/mol. The van der Waals surface area contributed by atoms with Gasteiger partial charge in [-0.3, -0.25) is 4.79 Å². The molecule has 0 atom stereocenters. The Bertz CT molecular complexity index is 807. The second kappa shape index (κ2) is 6.19. The fourth-order valence-corrected chi connectivity index (χ4v) is 2.93. The van der Waals surface area contributed by atoms with Gasteiger partial charge in [-0.25, -0.2) is 4.98 Å². The number of carbonyl (C=O) groups is 1. The van der Waals surface area contributed by atoms with Crippen LogP contribution in [-0.2, 0) is 17.8 Å². The van der Waals surface area contributed by atoms with Crippen molar-refractivity contribution in [2.75, 3.05) is 7.11 Å². The lowest BCUT2D eigenvalue weighted by atomic mass is 10.1. The number of aryl methyl sites for hydroxylation is 1. The molecule has 1 N–H and O–H groups in total. The van der Waals surface area contributed by atoms with Gasteiger partial charge in [0, 0.05) is 28.1 Å². The molecule has 3 aromatic rings. The molecule has 5 nitrogen and oxygen atoms in total. The molecule has 0 aliphatic rings. The van der Waals surface area contributed by atoms with Gasteiger partial charge in [0.1, 0.15) is 16.3 Å². The lowest BCUT2D eigenvalue weighted by Crippen LogP contribution is -2.24. The van der Waals surface area contributed by atoms with Gasteiger partial charge in [0.25, 0.3) is 0 Å². The minimum Gasteiger partial charge on any atom is -0.497 e. The highest BCUT2D eigenvalue weighted by atomic mass is 32.1. The highest BCUT2D eigenvalue weighted by molar-refractivity contribution is 7.09. The molecule has 1 amide bonds. The molecule has 0 saturated carbocycles. The number of rotatable bonds is 5. The number of amides is 1. The lowest BCUT2D eigenvalue weighted by Gasteiger charge is -2.02. The van der Waals surface area contributed by atoms with Gasteiger partial charge < -0.3 is 14.5 Å². The molecule has 0 radical (unpaired) electrons. The van der Waals surface area contributed by atoms with Crippen molar-refractivity contribution in [3.05, 3.63) is 46.1 Å². The lowest BCUT2D eigenvalue weighted by molar-refractivity contribution is -0.120. The summed E-state index contributed by atoms with van der Waals surface area (Å²) < 4.78 is 10.6. The molecule has 0 aliphatic heterocycles. The van der Waals surface area contributed by atoms with Crippen molar-refractivity contribution in [3.63, 3.8) is 0 Å². The summed E-state index contributed by atoms with van der Waals surface area (Å²) in [6, 6.07) is 5.58. The summed E-state index contributed by atoms with van der Waals surface area (Å²) in [5.41, 5.74) is 2.56. The van der Waals surface area contributed by atoms with Gasteiger partial charge in [-0.15, -0.1) is 11.3 Å². The van der Waals surface area contributed by atoms with E-state index in [-0.39, 0.29) is 12.3 Å². The third-order valence-corrected chi connectivity index (χ3v) is 4.28. The summed E-state index contributed by atoms with van der Waals surface area (Å²) in [6.07, 6.45) is 1.90. The molecule has 1 aromatic carbocycles. The zero-order valence-electron chi connectivity index (χ0n) is 12.4. The number of nitrogens with zero attached hydrogens (tertiary/aromatic N) is 1. The fourth-order valence-electron chi connectivity index (χ4n) is 2.22. The van der Waals surface area contributed by atoms with Crippen molar-refractivity contribution in [2.45, 2.75) is 19.9 Å². The molecule has 3 rings (SSSR count). The number of furan rings is 1. The fraction of sp³-hybridized carbons (Fsp3) is 0.250. The molecule has 0 fully saturated rings. The van der Waals surface area contributed by atoms with E-state index in [1.807, 2.05) is 30.5 Å². The van der Waals surface area contributed by atoms with Crippen LogP contribution in [0.5, 0.6) is 5.75 Å². The topological polar surface area (TPSA) is 64.4 Å². The zero-order chi connectivity index (χ0) is 15.5. The second-order valence-corrected chi connectivity index (χ2v) is 5.90. The van der Waals surface area contributed by atoms with E-state index in [1.165, 1.54) is 0 Å². The maximum Gasteiger partial charge on any atom is 0.224 e. The van der Waals surface area contributed by atoms with Gasteiger partial charge in [0.2, 0.25) is 5.91 Å². The first kappa shape index (κ1) is 14.6. The van der Waals surface area contributed by atoms with Crippen molar-refractivity contribution in [3.8, 4) is 5.75 Å². The van der Waals surface area contributed by atoms with E-state index in [1.54, 1.807) is 24.7 Å². The maximum atomic E-state index is 12.1. The molecule has 2 heterocycles. The molecule has 2 aromatic heterocycles. The molecule has 0 spiro atoms. The van der Waals surface area contributed by atoms with E-state index in [9.17, 15) is 4.79 Å². The van der Waals surface area contributed by atoms with Gasteiger partial charge >= 0.3 is 0 Å². The molecule has 6 heteroatoms. The Labute approximate surface area is 131 Å². The second-order valence-electron chi connectivity index (χ2n) is 4.96. The number of thiazole rings is 1. The monoisotopic (exact) mass is 316 g/mol. The van der Waals surface area contributed by atoms with Crippen molar-refractivity contribution in [1.82, 2.24) is 10.3 Å². The van der Waals surface area contributed by atoms with Crippen molar-refractivity contribution in [1.29, 1.82) is 0 Å². The molecule has 0 unspecified atom stereocenters. The van der Waals surface area contributed by atoms with E-state index in [0.29, 0.717) is 6.54 Å². The molecular weight excluding hydrogens is 300 g/mol. The summed E-state index contributed by atoms with van der Waals surface area (Å²) in [6.45, 7) is 2.40. The minimum atomic E-state index is -0.0497. The van der Waals surface area contributed by atoms with Gasteiger partial charge in [0.05, 0.1) is 26.3 Å². The van der Waals surface area contributed by atoms with Crippen LogP contribution < -0.4 is 10.1 Å². The number of methoxy groups -OCH3 is 1. The quantitative estimate of drug-likeness (QED) is 0.785. The number of hydrogen-bond donors (Lipinski definition) is 1. The SMILES string of the molecule is COc1ccc2c(CC(=O)NCc3nc(C)cs3)coc2c1. The van der Waals surface area contributed by atoms with Crippen molar-refractivity contribution >= 4 is 28.2 Å². The van der Waals surface area contributed by atoms with Gasteiger partial charge in [-0.1, -0.05) is 0 Å². The van der Waals surface area contributed by atoms with E-state index in [4.69, 9.17) is 9.15 Å². The van der Waals surface area contributed by atoms with E-state index < -0.39 is 0 Å². The van der Waals surface area contributed by atoms with Crippen LogP contribution in [0.2, 0.25) is 0 Å². The summed E-state index contributed by atoms with van der Waals surface area (Å²) in [4.78, 5) is 16.4.